The van der Waals surface area contributed by atoms with Crippen molar-refractivity contribution >= 4 is 10.0 Å². The van der Waals surface area contributed by atoms with Crippen LogP contribution in [0, 0.1) is 6.92 Å². The van der Waals surface area contributed by atoms with E-state index in [4.69, 9.17) is 4.74 Å². The van der Waals surface area contributed by atoms with E-state index in [9.17, 15) is 8.42 Å². The minimum atomic E-state index is -3.59. The van der Waals surface area contributed by atoms with Gasteiger partial charge < -0.3 is 4.74 Å². The lowest BCUT2D eigenvalue weighted by Gasteiger charge is -2.16. The molecule has 1 N–H and O–H groups in total. The van der Waals surface area contributed by atoms with Gasteiger partial charge in [-0.15, -0.1) is 0 Å². The summed E-state index contributed by atoms with van der Waals surface area (Å²) < 4.78 is 33.5. The minimum absolute atomic E-state index is 0.255. The van der Waals surface area contributed by atoms with Crippen molar-refractivity contribution in [3.8, 4) is 0 Å². The monoisotopic (exact) mass is 371 g/mol. The Bertz CT molecular complexity index is 812. The molecule has 0 heterocycles. The average Bonchev–Trinajstić information content (AvgIpc) is 2.64. The highest BCUT2D eigenvalue weighted by atomic mass is 32.2. The molecule has 0 aliphatic heterocycles. The average molecular weight is 372 g/mol. The topological polar surface area (TPSA) is 55.4 Å². The lowest BCUT2D eigenvalue weighted by Crippen LogP contribution is -2.34. The second-order valence-corrected chi connectivity index (χ2v) is 7.70. The zero-order chi connectivity index (χ0) is 18.8. The van der Waals surface area contributed by atoms with Crippen LogP contribution in [0.4, 0.5) is 0 Å². The van der Waals surface area contributed by atoms with Gasteiger partial charge in [-0.3, -0.25) is 0 Å². The van der Waals surface area contributed by atoms with E-state index in [2.05, 4.69) is 11.3 Å². The van der Waals surface area contributed by atoms with Crippen LogP contribution in [0.3, 0.4) is 0 Å². The van der Waals surface area contributed by atoms with Gasteiger partial charge in [0.15, 0.2) is 0 Å². The van der Waals surface area contributed by atoms with Crippen molar-refractivity contribution < 1.29 is 13.2 Å². The molecule has 0 spiro atoms. The summed E-state index contributed by atoms with van der Waals surface area (Å²) in [6.07, 6.45) is 5.67. The molecule has 0 saturated heterocycles. The van der Waals surface area contributed by atoms with E-state index < -0.39 is 10.0 Å². The molecule has 2 aromatic rings. The summed E-state index contributed by atoms with van der Waals surface area (Å²) in [6, 6.07) is 16.3. The maximum absolute atomic E-state index is 12.6. The Morgan fingerprint density at radius 2 is 1.81 bits per heavy atom. The van der Waals surface area contributed by atoms with Gasteiger partial charge in [0.25, 0.3) is 0 Å². The van der Waals surface area contributed by atoms with Gasteiger partial charge in [0.1, 0.15) is 0 Å². The summed E-state index contributed by atoms with van der Waals surface area (Å²) in [6.45, 7) is 6.50. The zero-order valence-electron chi connectivity index (χ0n) is 15.0. The lowest BCUT2D eigenvalue weighted by atomic mass is 10.2. The molecule has 1 atom stereocenters. The fourth-order valence-corrected chi connectivity index (χ4v) is 3.59. The summed E-state index contributed by atoms with van der Waals surface area (Å²) in [4.78, 5) is 0.255. The number of hydrogen-bond donors (Lipinski definition) is 1. The van der Waals surface area contributed by atoms with Gasteiger partial charge in [0.05, 0.1) is 11.5 Å². The van der Waals surface area contributed by atoms with E-state index in [0.717, 1.165) is 11.1 Å². The SMILES string of the molecule is C=C/C=C/[C@@H](CCOCc1ccccc1)NS(=O)(=O)c1ccc(C)cc1. The van der Waals surface area contributed by atoms with Crippen LogP contribution in [-0.2, 0) is 21.4 Å². The van der Waals surface area contributed by atoms with E-state index in [-0.39, 0.29) is 10.9 Å². The Balaban J connectivity index is 1.94. The second kappa shape index (κ2) is 10.1. The smallest absolute Gasteiger partial charge is 0.241 e. The first-order valence-electron chi connectivity index (χ1n) is 8.51. The van der Waals surface area contributed by atoms with Crippen LogP contribution in [-0.4, -0.2) is 21.1 Å². The molecule has 0 amide bonds. The van der Waals surface area contributed by atoms with Gasteiger partial charge in [-0.25, -0.2) is 13.1 Å². The predicted molar refractivity (Wildman–Crippen MR) is 105 cm³/mol. The van der Waals surface area contributed by atoms with Crippen LogP contribution in [0.5, 0.6) is 0 Å². The molecule has 138 valence electrons. The molecular weight excluding hydrogens is 346 g/mol. The third-order valence-electron chi connectivity index (χ3n) is 3.80. The highest BCUT2D eigenvalue weighted by Crippen LogP contribution is 2.12. The molecule has 0 aliphatic rings. The van der Waals surface area contributed by atoms with Crippen molar-refractivity contribution in [1.29, 1.82) is 0 Å². The van der Waals surface area contributed by atoms with Crippen molar-refractivity contribution in [2.75, 3.05) is 6.61 Å². The van der Waals surface area contributed by atoms with Crippen molar-refractivity contribution in [3.05, 3.63) is 90.5 Å². The molecule has 0 fully saturated rings. The molecule has 26 heavy (non-hydrogen) atoms. The Labute approximate surface area is 156 Å². The second-order valence-electron chi connectivity index (χ2n) is 5.99. The van der Waals surface area contributed by atoms with Gasteiger partial charge in [0, 0.05) is 12.6 Å². The number of aryl methyl sites for hydroxylation is 1. The summed E-state index contributed by atoms with van der Waals surface area (Å²) in [7, 11) is -3.59. The van der Waals surface area contributed by atoms with Crippen LogP contribution in [0.25, 0.3) is 0 Å². The largest absolute Gasteiger partial charge is 0.377 e. The Hall–Kier alpha value is -2.21. The number of ether oxygens (including phenoxy) is 1. The van der Waals surface area contributed by atoms with Crippen LogP contribution in [0.2, 0.25) is 0 Å². The van der Waals surface area contributed by atoms with E-state index in [1.165, 1.54) is 0 Å². The normalized spacial score (nSPS) is 13.0. The molecule has 2 rings (SSSR count). The van der Waals surface area contributed by atoms with Crippen LogP contribution in [0.1, 0.15) is 17.5 Å². The molecule has 0 saturated carbocycles. The Morgan fingerprint density at radius 1 is 1.12 bits per heavy atom. The summed E-state index contributed by atoms with van der Waals surface area (Å²) >= 11 is 0. The van der Waals surface area contributed by atoms with E-state index in [0.29, 0.717) is 19.6 Å². The van der Waals surface area contributed by atoms with Gasteiger partial charge in [0.2, 0.25) is 10.0 Å². The standard InChI is InChI=1S/C21H25NO3S/c1-3-4-10-20(15-16-25-17-19-8-6-5-7-9-19)22-26(23,24)21-13-11-18(2)12-14-21/h3-14,20,22H,1,15-17H2,2H3/b10-4+/t20-/m0/s1. The van der Waals surface area contributed by atoms with Gasteiger partial charge in [-0.1, -0.05) is 72.8 Å². The fourth-order valence-electron chi connectivity index (χ4n) is 2.37. The van der Waals surface area contributed by atoms with Gasteiger partial charge >= 0.3 is 0 Å². The first kappa shape index (κ1) is 20.1. The van der Waals surface area contributed by atoms with Crippen molar-refractivity contribution in [2.24, 2.45) is 0 Å². The first-order valence-corrected chi connectivity index (χ1v) is 9.99. The van der Waals surface area contributed by atoms with E-state index in [1.54, 1.807) is 42.5 Å². The molecule has 5 heteroatoms. The quantitative estimate of drug-likeness (QED) is 0.507. The fraction of sp³-hybridized carbons (Fsp3) is 0.238. The maximum atomic E-state index is 12.6. The molecule has 0 aliphatic carbocycles. The first-order chi connectivity index (χ1) is 12.5. The molecule has 0 radical (unpaired) electrons. The number of nitrogens with one attached hydrogen (secondary N) is 1. The molecular formula is C21H25NO3S. The molecule has 0 aromatic heterocycles. The summed E-state index contributed by atoms with van der Waals surface area (Å²) in [5.74, 6) is 0. The van der Waals surface area contributed by atoms with Crippen LogP contribution >= 0.6 is 0 Å². The van der Waals surface area contributed by atoms with Gasteiger partial charge in [-0.05, 0) is 31.0 Å². The number of hydrogen-bond acceptors (Lipinski definition) is 3. The van der Waals surface area contributed by atoms with Crippen molar-refractivity contribution in [2.45, 2.75) is 30.9 Å². The number of benzene rings is 2. The highest BCUT2D eigenvalue weighted by Gasteiger charge is 2.18. The van der Waals surface area contributed by atoms with E-state index in [1.807, 2.05) is 37.3 Å². The van der Waals surface area contributed by atoms with Gasteiger partial charge in [-0.2, -0.15) is 0 Å². The predicted octanol–water partition coefficient (Wildman–Crippen LogP) is 3.99. The number of sulfonamides is 1. The molecule has 4 nitrogen and oxygen atoms in total. The van der Waals surface area contributed by atoms with Crippen LogP contribution in [0.15, 0.2) is 84.3 Å². The third kappa shape index (κ3) is 6.59. The summed E-state index contributed by atoms with van der Waals surface area (Å²) in [5.41, 5.74) is 2.10. The third-order valence-corrected chi connectivity index (χ3v) is 5.31. The highest BCUT2D eigenvalue weighted by molar-refractivity contribution is 7.89. The maximum Gasteiger partial charge on any atom is 0.241 e. The van der Waals surface area contributed by atoms with Crippen molar-refractivity contribution in [1.82, 2.24) is 4.72 Å². The Morgan fingerprint density at radius 3 is 2.46 bits per heavy atom. The summed E-state index contributed by atoms with van der Waals surface area (Å²) in [5, 5.41) is 0. The van der Waals surface area contributed by atoms with Crippen LogP contribution < -0.4 is 4.72 Å². The van der Waals surface area contributed by atoms with E-state index >= 15 is 0 Å². The minimum Gasteiger partial charge on any atom is -0.377 e. The Kier molecular flexibility index (Phi) is 7.78. The molecule has 0 unspecified atom stereocenters. The zero-order valence-corrected chi connectivity index (χ0v) is 15.8. The lowest BCUT2D eigenvalue weighted by molar-refractivity contribution is 0.116. The van der Waals surface area contributed by atoms with Crippen molar-refractivity contribution in [3.63, 3.8) is 0 Å². The molecule has 0 bridgehead atoms. The molecule has 2 aromatic carbocycles. The number of rotatable bonds is 10. The number of allylic oxidation sites excluding steroid dienone is 2.